The van der Waals surface area contributed by atoms with Gasteiger partial charge in [0, 0.05) is 19.8 Å². The largest absolute Gasteiger partial charge is 0.480 e. The van der Waals surface area contributed by atoms with Gasteiger partial charge < -0.3 is 15.2 Å². The summed E-state index contributed by atoms with van der Waals surface area (Å²) in [6.45, 7) is 4.62. The molecule has 4 nitrogen and oxygen atoms in total. The fourth-order valence-corrected chi connectivity index (χ4v) is 1.29. The van der Waals surface area contributed by atoms with Crippen LogP contribution in [0.15, 0.2) is 0 Å². The third-order valence-electron chi connectivity index (χ3n) is 2.12. The van der Waals surface area contributed by atoms with Gasteiger partial charge in [0.05, 0.1) is 0 Å². The van der Waals surface area contributed by atoms with Crippen LogP contribution in [0.5, 0.6) is 0 Å². The van der Waals surface area contributed by atoms with Crippen molar-refractivity contribution in [1.29, 1.82) is 0 Å². The van der Waals surface area contributed by atoms with Gasteiger partial charge >= 0.3 is 5.97 Å². The molecule has 0 fully saturated rings. The van der Waals surface area contributed by atoms with Gasteiger partial charge in [0.1, 0.15) is 6.04 Å². The standard InChI is InChI=1S/C10H21NO3/c1-4-5-9(10(12)13)11-8(2)6-7-14-3/h8-9,11H,4-7H2,1-3H3,(H,12,13). The molecule has 0 bridgehead atoms. The quantitative estimate of drug-likeness (QED) is 0.623. The fraction of sp³-hybridized carbons (Fsp3) is 0.900. The summed E-state index contributed by atoms with van der Waals surface area (Å²) in [6, 6.07) is -0.241. The van der Waals surface area contributed by atoms with E-state index in [0.717, 1.165) is 12.8 Å². The number of hydrogen-bond acceptors (Lipinski definition) is 3. The average molecular weight is 203 g/mol. The van der Waals surface area contributed by atoms with Gasteiger partial charge in [-0.25, -0.2) is 0 Å². The third kappa shape index (κ3) is 5.94. The van der Waals surface area contributed by atoms with Crippen LogP contribution in [-0.4, -0.2) is 36.9 Å². The smallest absolute Gasteiger partial charge is 0.320 e. The lowest BCUT2D eigenvalue weighted by Crippen LogP contribution is -2.42. The highest BCUT2D eigenvalue weighted by Crippen LogP contribution is 2.00. The molecule has 0 aromatic heterocycles. The Morgan fingerprint density at radius 1 is 1.50 bits per heavy atom. The topological polar surface area (TPSA) is 58.6 Å². The summed E-state index contributed by atoms with van der Waals surface area (Å²) >= 11 is 0. The summed E-state index contributed by atoms with van der Waals surface area (Å²) in [5.74, 6) is -0.767. The Labute approximate surface area is 85.6 Å². The first kappa shape index (κ1) is 13.4. The van der Waals surface area contributed by atoms with Crippen LogP contribution < -0.4 is 5.32 Å². The Hall–Kier alpha value is -0.610. The molecule has 0 aromatic carbocycles. The van der Waals surface area contributed by atoms with Crippen molar-refractivity contribution in [3.63, 3.8) is 0 Å². The molecule has 84 valence electrons. The van der Waals surface area contributed by atoms with E-state index in [4.69, 9.17) is 9.84 Å². The molecule has 2 N–H and O–H groups in total. The van der Waals surface area contributed by atoms with Crippen molar-refractivity contribution in [1.82, 2.24) is 5.32 Å². The number of aliphatic carboxylic acids is 1. The van der Waals surface area contributed by atoms with Crippen LogP contribution in [-0.2, 0) is 9.53 Å². The lowest BCUT2D eigenvalue weighted by atomic mass is 10.1. The summed E-state index contributed by atoms with van der Waals surface area (Å²) in [4.78, 5) is 10.8. The van der Waals surface area contributed by atoms with E-state index < -0.39 is 12.0 Å². The highest BCUT2D eigenvalue weighted by atomic mass is 16.5. The Bertz CT molecular complexity index is 161. The molecule has 0 amide bonds. The molecular formula is C10H21NO3. The van der Waals surface area contributed by atoms with Gasteiger partial charge in [-0.15, -0.1) is 0 Å². The first-order valence-electron chi connectivity index (χ1n) is 5.09. The Morgan fingerprint density at radius 3 is 2.57 bits per heavy atom. The van der Waals surface area contributed by atoms with Gasteiger partial charge in [-0.1, -0.05) is 13.3 Å². The molecule has 2 unspecified atom stereocenters. The molecule has 0 spiro atoms. The highest BCUT2D eigenvalue weighted by molar-refractivity contribution is 5.73. The van der Waals surface area contributed by atoms with Crippen molar-refractivity contribution in [3.05, 3.63) is 0 Å². The minimum Gasteiger partial charge on any atom is -0.480 e. The van der Waals surface area contributed by atoms with Crippen molar-refractivity contribution in [2.75, 3.05) is 13.7 Å². The second kappa shape index (κ2) is 7.76. The first-order valence-corrected chi connectivity index (χ1v) is 5.09. The molecule has 0 aromatic rings. The molecule has 0 aliphatic rings. The average Bonchev–Trinajstić information content (AvgIpc) is 2.14. The highest BCUT2D eigenvalue weighted by Gasteiger charge is 2.17. The monoisotopic (exact) mass is 203 g/mol. The Morgan fingerprint density at radius 2 is 2.14 bits per heavy atom. The Kier molecular flexibility index (Phi) is 7.42. The predicted molar refractivity (Wildman–Crippen MR) is 55.4 cm³/mol. The van der Waals surface area contributed by atoms with E-state index in [1.54, 1.807) is 7.11 Å². The molecular weight excluding hydrogens is 182 g/mol. The molecule has 0 rings (SSSR count). The molecule has 4 heteroatoms. The third-order valence-corrected chi connectivity index (χ3v) is 2.12. The minimum atomic E-state index is -0.767. The second-order valence-electron chi connectivity index (χ2n) is 3.53. The van der Waals surface area contributed by atoms with E-state index in [9.17, 15) is 4.79 Å². The van der Waals surface area contributed by atoms with E-state index in [0.29, 0.717) is 13.0 Å². The van der Waals surface area contributed by atoms with E-state index in [2.05, 4.69) is 5.32 Å². The van der Waals surface area contributed by atoms with E-state index >= 15 is 0 Å². The number of ether oxygens (including phenoxy) is 1. The van der Waals surface area contributed by atoms with E-state index in [1.165, 1.54) is 0 Å². The van der Waals surface area contributed by atoms with Gasteiger partial charge in [0.15, 0.2) is 0 Å². The number of nitrogens with one attached hydrogen (secondary N) is 1. The Balaban J connectivity index is 3.83. The minimum absolute atomic E-state index is 0.183. The van der Waals surface area contributed by atoms with Crippen LogP contribution in [0.25, 0.3) is 0 Å². The molecule has 0 saturated heterocycles. The zero-order valence-electron chi connectivity index (χ0n) is 9.25. The lowest BCUT2D eigenvalue weighted by Gasteiger charge is -2.19. The summed E-state index contributed by atoms with van der Waals surface area (Å²) in [6.07, 6.45) is 2.39. The number of carboxylic acid groups (broad SMARTS) is 1. The maximum atomic E-state index is 10.8. The molecule has 14 heavy (non-hydrogen) atoms. The van der Waals surface area contributed by atoms with Gasteiger partial charge in [-0.3, -0.25) is 4.79 Å². The van der Waals surface area contributed by atoms with Crippen molar-refractivity contribution in [3.8, 4) is 0 Å². The van der Waals surface area contributed by atoms with E-state index in [-0.39, 0.29) is 6.04 Å². The zero-order chi connectivity index (χ0) is 11.0. The van der Waals surface area contributed by atoms with Gasteiger partial charge in [0.2, 0.25) is 0 Å². The predicted octanol–water partition coefficient (Wildman–Crippen LogP) is 1.25. The van der Waals surface area contributed by atoms with Crippen LogP contribution in [0.4, 0.5) is 0 Å². The summed E-state index contributed by atoms with van der Waals surface area (Å²) in [5, 5.41) is 12.0. The number of carboxylic acids is 1. The van der Waals surface area contributed by atoms with Gasteiger partial charge in [0.25, 0.3) is 0 Å². The number of rotatable bonds is 8. The normalized spacial score (nSPS) is 15.1. The molecule has 0 aliphatic heterocycles. The molecule has 0 heterocycles. The zero-order valence-corrected chi connectivity index (χ0v) is 9.25. The van der Waals surface area contributed by atoms with Crippen molar-refractivity contribution >= 4 is 5.97 Å². The maximum absolute atomic E-state index is 10.8. The van der Waals surface area contributed by atoms with Gasteiger partial charge in [-0.05, 0) is 19.8 Å². The molecule has 0 saturated carbocycles. The van der Waals surface area contributed by atoms with E-state index in [1.807, 2.05) is 13.8 Å². The van der Waals surface area contributed by atoms with Crippen LogP contribution in [0, 0.1) is 0 Å². The van der Waals surface area contributed by atoms with Crippen LogP contribution in [0.2, 0.25) is 0 Å². The van der Waals surface area contributed by atoms with Crippen LogP contribution in [0.3, 0.4) is 0 Å². The van der Waals surface area contributed by atoms with Crippen molar-refractivity contribution < 1.29 is 14.6 Å². The maximum Gasteiger partial charge on any atom is 0.320 e. The van der Waals surface area contributed by atoms with Crippen LogP contribution >= 0.6 is 0 Å². The second-order valence-corrected chi connectivity index (χ2v) is 3.53. The lowest BCUT2D eigenvalue weighted by molar-refractivity contribution is -0.139. The summed E-state index contributed by atoms with van der Waals surface area (Å²) in [7, 11) is 1.65. The van der Waals surface area contributed by atoms with Gasteiger partial charge in [-0.2, -0.15) is 0 Å². The number of hydrogen-bond donors (Lipinski definition) is 2. The number of methoxy groups -OCH3 is 1. The fourth-order valence-electron chi connectivity index (χ4n) is 1.29. The summed E-state index contributed by atoms with van der Waals surface area (Å²) < 4.78 is 4.93. The number of carbonyl (C=O) groups is 1. The first-order chi connectivity index (χ1) is 6.61. The molecule has 0 radical (unpaired) electrons. The van der Waals surface area contributed by atoms with Crippen molar-refractivity contribution in [2.45, 2.75) is 45.2 Å². The molecule has 0 aliphatic carbocycles. The summed E-state index contributed by atoms with van der Waals surface area (Å²) in [5.41, 5.74) is 0. The van der Waals surface area contributed by atoms with Crippen LogP contribution in [0.1, 0.15) is 33.1 Å². The SMILES string of the molecule is CCCC(NC(C)CCOC)C(=O)O. The van der Waals surface area contributed by atoms with Crippen molar-refractivity contribution in [2.24, 2.45) is 0 Å². The molecule has 2 atom stereocenters.